The Balaban J connectivity index is 1.71. The van der Waals surface area contributed by atoms with Gasteiger partial charge in [0.2, 0.25) is 0 Å². The number of ether oxygens (including phenoxy) is 2. The average Bonchev–Trinajstić information content (AvgIpc) is 3.20. The summed E-state index contributed by atoms with van der Waals surface area (Å²) in [4.78, 5) is 20.1. The van der Waals surface area contributed by atoms with Crippen LogP contribution in [0.1, 0.15) is 42.9 Å². The molecule has 0 spiro atoms. The van der Waals surface area contributed by atoms with Gasteiger partial charge in [-0.25, -0.2) is 4.79 Å². The number of halogens is 3. The predicted molar refractivity (Wildman–Crippen MR) is 144 cm³/mol. The van der Waals surface area contributed by atoms with Crippen LogP contribution < -0.4 is 14.8 Å². The largest absolute Gasteiger partial charge is 0.513 e. The first-order valence-corrected chi connectivity index (χ1v) is 12.9. The topological polar surface area (TPSA) is 98.5 Å². The van der Waals surface area contributed by atoms with Crippen molar-refractivity contribution in [2.24, 2.45) is 5.92 Å². The van der Waals surface area contributed by atoms with E-state index in [1.165, 1.54) is 12.1 Å². The number of nitrogens with zero attached hydrogens (tertiary/aromatic N) is 3. The molecular weight excluding hydrogens is 525 g/mol. The molecule has 2 aromatic heterocycles. The first kappa shape index (κ1) is 27.3. The second-order valence-corrected chi connectivity index (χ2v) is 10.1. The number of fused-ring (bicyclic) bond motifs is 1. The summed E-state index contributed by atoms with van der Waals surface area (Å²) >= 11 is 0. The van der Waals surface area contributed by atoms with Gasteiger partial charge in [-0.1, -0.05) is 30.2 Å². The van der Waals surface area contributed by atoms with Gasteiger partial charge < -0.3 is 24.5 Å². The molecule has 5 rings (SSSR count). The lowest BCUT2D eigenvalue weighted by Crippen LogP contribution is -2.31. The molecule has 2 aromatic carbocycles. The molecule has 1 fully saturated rings. The summed E-state index contributed by atoms with van der Waals surface area (Å²) in [6.45, 7) is 4.18. The Hall–Kier alpha value is -4.28. The van der Waals surface area contributed by atoms with Crippen LogP contribution in [-0.4, -0.2) is 38.9 Å². The van der Waals surface area contributed by atoms with Crippen LogP contribution in [0.4, 0.5) is 23.8 Å². The van der Waals surface area contributed by atoms with Crippen LogP contribution in [0.15, 0.2) is 48.5 Å². The minimum Gasteiger partial charge on any atom is -0.496 e. The number of methoxy groups -OCH3 is 1. The van der Waals surface area contributed by atoms with Crippen molar-refractivity contribution < 1.29 is 32.5 Å². The highest BCUT2D eigenvalue weighted by Crippen LogP contribution is 2.39. The molecule has 2 heterocycles. The highest BCUT2D eigenvalue weighted by Gasteiger charge is 2.30. The van der Waals surface area contributed by atoms with Crippen LogP contribution in [0.3, 0.4) is 0 Å². The lowest BCUT2D eigenvalue weighted by molar-refractivity contribution is -0.137. The van der Waals surface area contributed by atoms with Crippen molar-refractivity contribution in [3.05, 3.63) is 65.2 Å². The SMILES string of the molecule is COc1ccc(C)cc1-c1cc2nc(OC(=O)O)nc(N[C@H](C)C3CCC3)c2n1Cc1ccc(C(F)(F)F)cc1. The Kier molecular flexibility index (Phi) is 7.31. The maximum atomic E-state index is 13.2. The Morgan fingerprint density at radius 2 is 1.88 bits per heavy atom. The van der Waals surface area contributed by atoms with E-state index in [0.717, 1.165) is 42.5 Å². The maximum Gasteiger partial charge on any atom is 0.513 e. The summed E-state index contributed by atoms with van der Waals surface area (Å²) in [5.41, 5.74) is 3.28. The standard InChI is InChI=1S/C29H29F3N4O4/c1-16-7-12-24(39-3)21(13-16)23-14-22-25(36(23)15-18-8-10-20(11-9-18)29(30,31)32)26(33-17(2)19-5-4-6-19)35-27(34-22)40-28(37)38/h7-14,17,19H,4-6,15H2,1-3H3,(H,37,38)(H,33,34,35)/t17-/m1/s1. The van der Waals surface area contributed by atoms with Crippen LogP contribution >= 0.6 is 0 Å². The average molecular weight is 555 g/mol. The molecule has 210 valence electrons. The van der Waals surface area contributed by atoms with E-state index in [-0.39, 0.29) is 18.6 Å². The van der Waals surface area contributed by atoms with Crippen LogP contribution in [0.2, 0.25) is 0 Å². The predicted octanol–water partition coefficient (Wildman–Crippen LogP) is 7.14. The number of aryl methyl sites for hydroxylation is 1. The number of nitrogens with one attached hydrogen (secondary N) is 1. The fourth-order valence-corrected chi connectivity index (χ4v) is 5.03. The third-order valence-electron chi connectivity index (χ3n) is 7.38. The molecule has 11 heteroatoms. The molecule has 1 saturated carbocycles. The van der Waals surface area contributed by atoms with E-state index in [0.29, 0.717) is 39.8 Å². The number of anilines is 1. The molecule has 0 amide bonds. The van der Waals surface area contributed by atoms with Crippen LogP contribution in [0, 0.1) is 12.8 Å². The van der Waals surface area contributed by atoms with Crippen molar-refractivity contribution in [2.75, 3.05) is 12.4 Å². The third-order valence-corrected chi connectivity index (χ3v) is 7.38. The molecule has 4 aromatic rings. The van der Waals surface area contributed by atoms with Gasteiger partial charge in [0.25, 0.3) is 0 Å². The lowest BCUT2D eigenvalue weighted by Gasteiger charge is -2.32. The van der Waals surface area contributed by atoms with Gasteiger partial charge in [-0.2, -0.15) is 23.1 Å². The fourth-order valence-electron chi connectivity index (χ4n) is 5.03. The molecule has 1 aliphatic rings. The van der Waals surface area contributed by atoms with Crippen molar-refractivity contribution in [1.82, 2.24) is 14.5 Å². The summed E-state index contributed by atoms with van der Waals surface area (Å²) in [5.74, 6) is 1.41. The highest BCUT2D eigenvalue weighted by atomic mass is 19.4. The quantitative estimate of drug-likeness (QED) is 0.223. The number of benzene rings is 2. The van der Waals surface area contributed by atoms with E-state index in [1.54, 1.807) is 13.2 Å². The number of hydrogen-bond acceptors (Lipinski definition) is 6. The van der Waals surface area contributed by atoms with E-state index in [2.05, 4.69) is 15.3 Å². The molecular formula is C29H29F3N4O4. The number of hydrogen-bond donors (Lipinski definition) is 2. The molecule has 1 atom stereocenters. The smallest absolute Gasteiger partial charge is 0.496 e. The number of aromatic nitrogens is 3. The van der Waals surface area contributed by atoms with E-state index in [9.17, 15) is 23.1 Å². The molecule has 0 saturated heterocycles. The van der Waals surface area contributed by atoms with Crippen LogP contribution in [0.25, 0.3) is 22.3 Å². The molecule has 2 N–H and O–H groups in total. The number of rotatable bonds is 8. The molecule has 1 aliphatic carbocycles. The molecule has 0 unspecified atom stereocenters. The summed E-state index contributed by atoms with van der Waals surface area (Å²) < 4.78 is 52.0. The second-order valence-electron chi connectivity index (χ2n) is 10.1. The van der Waals surface area contributed by atoms with Gasteiger partial charge in [-0.05, 0) is 68.5 Å². The van der Waals surface area contributed by atoms with Gasteiger partial charge in [0, 0.05) is 18.2 Å². The van der Waals surface area contributed by atoms with Gasteiger partial charge in [0.15, 0.2) is 5.82 Å². The van der Waals surface area contributed by atoms with Crippen LogP contribution in [0.5, 0.6) is 11.8 Å². The van der Waals surface area contributed by atoms with E-state index < -0.39 is 17.9 Å². The Bertz CT molecular complexity index is 1550. The summed E-state index contributed by atoms with van der Waals surface area (Å²) in [5, 5.41) is 12.7. The molecule has 0 bridgehead atoms. The Morgan fingerprint density at radius 1 is 1.15 bits per heavy atom. The van der Waals surface area contributed by atoms with Gasteiger partial charge >= 0.3 is 18.3 Å². The fraction of sp³-hybridized carbons (Fsp3) is 0.345. The first-order valence-electron chi connectivity index (χ1n) is 12.9. The lowest BCUT2D eigenvalue weighted by atomic mass is 9.80. The summed E-state index contributed by atoms with van der Waals surface area (Å²) in [7, 11) is 1.56. The highest BCUT2D eigenvalue weighted by molar-refractivity contribution is 5.93. The zero-order valence-corrected chi connectivity index (χ0v) is 22.2. The number of carboxylic acid groups (broad SMARTS) is 1. The second kappa shape index (κ2) is 10.7. The first-order chi connectivity index (χ1) is 19.0. The van der Waals surface area contributed by atoms with E-state index in [4.69, 9.17) is 9.47 Å². The van der Waals surface area contributed by atoms with Crippen molar-refractivity contribution in [1.29, 1.82) is 0 Å². The summed E-state index contributed by atoms with van der Waals surface area (Å²) in [6, 6.07) is 12.2. The van der Waals surface area contributed by atoms with Crippen LogP contribution in [-0.2, 0) is 12.7 Å². The molecule has 40 heavy (non-hydrogen) atoms. The molecule has 0 aliphatic heterocycles. The third kappa shape index (κ3) is 5.54. The van der Waals surface area contributed by atoms with E-state index >= 15 is 0 Å². The van der Waals surface area contributed by atoms with Crippen molar-refractivity contribution in [2.45, 2.75) is 51.9 Å². The van der Waals surface area contributed by atoms with Gasteiger partial charge in [0.1, 0.15) is 11.3 Å². The molecule has 8 nitrogen and oxygen atoms in total. The maximum absolute atomic E-state index is 13.2. The van der Waals surface area contributed by atoms with Gasteiger partial charge in [0.05, 0.1) is 23.9 Å². The Labute approximate surface area is 228 Å². The van der Waals surface area contributed by atoms with Gasteiger partial charge in [-0.15, -0.1) is 0 Å². The van der Waals surface area contributed by atoms with Crippen molar-refractivity contribution in [3.63, 3.8) is 0 Å². The van der Waals surface area contributed by atoms with E-state index in [1.807, 2.05) is 36.6 Å². The molecule has 0 radical (unpaired) electrons. The monoisotopic (exact) mass is 554 g/mol. The van der Waals surface area contributed by atoms with Crippen molar-refractivity contribution >= 4 is 23.0 Å². The summed E-state index contributed by atoms with van der Waals surface area (Å²) in [6.07, 6.45) is -2.70. The zero-order valence-electron chi connectivity index (χ0n) is 22.2. The minimum atomic E-state index is -4.44. The zero-order chi connectivity index (χ0) is 28.6. The number of alkyl halides is 3. The number of carbonyl (C=O) groups is 1. The van der Waals surface area contributed by atoms with Gasteiger partial charge in [-0.3, -0.25) is 0 Å². The van der Waals surface area contributed by atoms with Crippen molar-refractivity contribution in [3.8, 4) is 23.0 Å². The minimum absolute atomic E-state index is 0.0379. The Morgan fingerprint density at radius 3 is 2.48 bits per heavy atom. The normalized spacial score (nSPS) is 14.6.